The minimum absolute atomic E-state index is 0.312. The number of aromatic carboxylic acids is 1. The highest BCUT2D eigenvalue weighted by atomic mass is 32.2. The van der Waals surface area contributed by atoms with E-state index in [1.807, 2.05) is 0 Å². The Morgan fingerprint density at radius 1 is 1.67 bits per heavy atom. The Labute approximate surface area is 92.7 Å². The highest BCUT2D eigenvalue weighted by molar-refractivity contribution is 7.99. The van der Waals surface area contributed by atoms with Crippen LogP contribution in [0.15, 0.2) is 23.4 Å². The molecule has 0 spiro atoms. The largest absolute Gasteiger partial charge is 0.478 e. The van der Waals surface area contributed by atoms with E-state index in [9.17, 15) is 4.79 Å². The van der Waals surface area contributed by atoms with Gasteiger partial charge in [0.15, 0.2) is 0 Å². The number of hydrogen-bond acceptors (Lipinski definition) is 4. The maximum Gasteiger partial charge on any atom is 0.336 e. The molecule has 0 amide bonds. The molecule has 1 heterocycles. The second-order valence-electron chi connectivity index (χ2n) is 2.87. The van der Waals surface area contributed by atoms with Crippen molar-refractivity contribution in [2.24, 2.45) is 0 Å². The maximum atomic E-state index is 10.8. The van der Waals surface area contributed by atoms with E-state index in [1.54, 1.807) is 13.3 Å². The normalized spacial score (nSPS) is 10.2. The summed E-state index contributed by atoms with van der Waals surface area (Å²) in [5.41, 5.74) is 0.312. The summed E-state index contributed by atoms with van der Waals surface area (Å²) in [5, 5.41) is 8.90. The Morgan fingerprint density at radius 2 is 2.47 bits per heavy atom. The minimum Gasteiger partial charge on any atom is -0.478 e. The molecule has 82 valence electrons. The van der Waals surface area contributed by atoms with Crippen molar-refractivity contribution in [3.05, 3.63) is 24.0 Å². The van der Waals surface area contributed by atoms with E-state index in [0.717, 1.165) is 12.2 Å². The molecule has 0 bridgehead atoms. The molecule has 0 unspecified atom stereocenters. The van der Waals surface area contributed by atoms with Crippen molar-refractivity contribution < 1.29 is 14.6 Å². The molecule has 15 heavy (non-hydrogen) atoms. The van der Waals surface area contributed by atoms with E-state index in [4.69, 9.17) is 9.84 Å². The number of hydrogen-bond donors (Lipinski definition) is 1. The van der Waals surface area contributed by atoms with E-state index in [2.05, 4.69) is 4.98 Å². The quantitative estimate of drug-likeness (QED) is 0.594. The number of pyridine rings is 1. The molecule has 0 aliphatic heterocycles. The Hall–Kier alpha value is -1.07. The number of aromatic nitrogens is 1. The van der Waals surface area contributed by atoms with Gasteiger partial charge in [-0.1, -0.05) is 0 Å². The fraction of sp³-hybridized carbons (Fsp3) is 0.400. The molecule has 0 aromatic carbocycles. The van der Waals surface area contributed by atoms with Gasteiger partial charge in [0.1, 0.15) is 0 Å². The molecular weight excluding hydrogens is 214 g/mol. The third-order valence-corrected chi connectivity index (χ3v) is 2.89. The van der Waals surface area contributed by atoms with Crippen LogP contribution in [0, 0.1) is 0 Å². The highest BCUT2D eigenvalue weighted by Crippen LogP contribution is 2.22. The predicted molar refractivity (Wildman–Crippen MR) is 58.4 cm³/mol. The first-order valence-corrected chi connectivity index (χ1v) is 5.53. The first kappa shape index (κ1) is 12.0. The number of thioether (sulfide) groups is 1. The van der Waals surface area contributed by atoms with Crippen LogP contribution in [0.25, 0.3) is 0 Å². The van der Waals surface area contributed by atoms with Gasteiger partial charge in [-0.15, -0.1) is 11.8 Å². The van der Waals surface area contributed by atoms with E-state index >= 15 is 0 Å². The Bertz CT molecular complexity index is 330. The van der Waals surface area contributed by atoms with Crippen LogP contribution in [-0.4, -0.2) is 35.5 Å². The molecule has 0 fully saturated rings. The lowest BCUT2D eigenvalue weighted by molar-refractivity contribution is 0.0693. The zero-order valence-electron chi connectivity index (χ0n) is 8.47. The van der Waals surface area contributed by atoms with Crippen LogP contribution >= 0.6 is 11.8 Å². The molecule has 0 aliphatic carbocycles. The Balaban J connectivity index is 2.56. The smallest absolute Gasteiger partial charge is 0.336 e. The van der Waals surface area contributed by atoms with E-state index in [-0.39, 0.29) is 0 Å². The monoisotopic (exact) mass is 227 g/mol. The number of carboxylic acids is 1. The van der Waals surface area contributed by atoms with Gasteiger partial charge < -0.3 is 9.84 Å². The van der Waals surface area contributed by atoms with Crippen molar-refractivity contribution in [2.75, 3.05) is 19.5 Å². The molecule has 0 atom stereocenters. The van der Waals surface area contributed by atoms with Gasteiger partial charge in [-0.2, -0.15) is 0 Å². The second-order valence-corrected chi connectivity index (χ2v) is 4.01. The zero-order valence-corrected chi connectivity index (χ0v) is 9.29. The van der Waals surface area contributed by atoms with E-state index in [1.165, 1.54) is 24.0 Å². The van der Waals surface area contributed by atoms with Crippen molar-refractivity contribution in [3.8, 4) is 0 Å². The van der Waals surface area contributed by atoms with Crippen LogP contribution < -0.4 is 0 Å². The number of nitrogens with zero attached hydrogens (tertiary/aromatic N) is 1. The maximum absolute atomic E-state index is 10.8. The third-order valence-electron chi connectivity index (χ3n) is 1.77. The highest BCUT2D eigenvalue weighted by Gasteiger charge is 2.09. The van der Waals surface area contributed by atoms with E-state index in [0.29, 0.717) is 17.1 Å². The summed E-state index contributed by atoms with van der Waals surface area (Å²) in [6, 6.07) is 1.51. The van der Waals surface area contributed by atoms with Crippen LogP contribution in [0.3, 0.4) is 0 Å². The first-order valence-electron chi connectivity index (χ1n) is 4.54. The molecule has 1 aromatic heterocycles. The van der Waals surface area contributed by atoms with Crippen LogP contribution in [0.1, 0.15) is 16.8 Å². The lowest BCUT2D eigenvalue weighted by Crippen LogP contribution is -2.00. The Kier molecular flexibility index (Phi) is 5.14. The van der Waals surface area contributed by atoms with Crippen LogP contribution in [-0.2, 0) is 4.74 Å². The fourth-order valence-electron chi connectivity index (χ4n) is 1.06. The van der Waals surface area contributed by atoms with Crippen molar-refractivity contribution in [1.29, 1.82) is 0 Å². The van der Waals surface area contributed by atoms with Crippen molar-refractivity contribution in [3.63, 3.8) is 0 Å². The summed E-state index contributed by atoms with van der Waals surface area (Å²) in [6.07, 6.45) is 3.97. The van der Waals surface area contributed by atoms with Gasteiger partial charge in [-0.3, -0.25) is 4.98 Å². The Morgan fingerprint density at radius 3 is 3.13 bits per heavy atom. The zero-order chi connectivity index (χ0) is 11.1. The van der Waals surface area contributed by atoms with Crippen molar-refractivity contribution >= 4 is 17.7 Å². The van der Waals surface area contributed by atoms with Crippen LogP contribution in [0.4, 0.5) is 0 Å². The van der Waals surface area contributed by atoms with Gasteiger partial charge in [-0.25, -0.2) is 4.79 Å². The summed E-state index contributed by atoms with van der Waals surface area (Å²) >= 11 is 1.49. The van der Waals surface area contributed by atoms with Gasteiger partial charge in [0.2, 0.25) is 0 Å². The average Bonchev–Trinajstić information content (AvgIpc) is 2.25. The lowest BCUT2D eigenvalue weighted by Gasteiger charge is -2.04. The van der Waals surface area contributed by atoms with Crippen LogP contribution in [0.2, 0.25) is 0 Å². The molecule has 1 N–H and O–H groups in total. The molecule has 0 aliphatic rings. The number of ether oxygens (including phenoxy) is 1. The molecule has 5 heteroatoms. The third kappa shape index (κ3) is 3.89. The number of rotatable bonds is 6. The van der Waals surface area contributed by atoms with Gasteiger partial charge >= 0.3 is 5.97 Å². The van der Waals surface area contributed by atoms with Gasteiger partial charge in [-0.05, 0) is 12.5 Å². The molecular formula is C10H13NO3S. The second kappa shape index (κ2) is 6.42. The average molecular weight is 227 g/mol. The summed E-state index contributed by atoms with van der Waals surface area (Å²) < 4.78 is 4.91. The summed E-state index contributed by atoms with van der Waals surface area (Å²) in [5.74, 6) is -0.0774. The summed E-state index contributed by atoms with van der Waals surface area (Å²) in [7, 11) is 1.65. The van der Waals surface area contributed by atoms with Gasteiger partial charge in [0.05, 0.1) is 5.56 Å². The molecule has 0 radical (unpaired) electrons. The van der Waals surface area contributed by atoms with Crippen LogP contribution in [0.5, 0.6) is 0 Å². The standard InChI is InChI=1S/C10H13NO3S/c1-14-5-2-6-15-9-7-11-4-3-8(9)10(12)13/h3-4,7H,2,5-6H2,1H3,(H,12,13). The summed E-state index contributed by atoms with van der Waals surface area (Å²) in [4.78, 5) is 15.5. The first-order chi connectivity index (χ1) is 7.25. The van der Waals surface area contributed by atoms with Crippen molar-refractivity contribution in [1.82, 2.24) is 4.98 Å². The minimum atomic E-state index is -0.911. The number of carbonyl (C=O) groups is 1. The molecule has 4 nitrogen and oxygen atoms in total. The fourth-order valence-corrected chi connectivity index (χ4v) is 1.99. The number of carboxylic acid groups (broad SMARTS) is 1. The van der Waals surface area contributed by atoms with Gasteiger partial charge in [0, 0.05) is 36.8 Å². The summed E-state index contributed by atoms with van der Waals surface area (Å²) in [6.45, 7) is 0.690. The SMILES string of the molecule is COCCCSc1cnccc1C(=O)O. The lowest BCUT2D eigenvalue weighted by atomic mass is 10.3. The topological polar surface area (TPSA) is 59.4 Å². The molecule has 0 saturated heterocycles. The van der Waals surface area contributed by atoms with E-state index < -0.39 is 5.97 Å². The predicted octanol–water partition coefficient (Wildman–Crippen LogP) is 1.91. The molecule has 1 aromatic rings. The van der Waals surface area contributed by atoms with Gasteiger partial charge in [0.25, 0.3) is 0 Å². The number of methoxy groups -OCH3 is 1. The van der Waals surface area contributed by atoms with Crippen molar-refractivity contribution in [2.45, 2.75) is 11.3 Å². The molecule has 1 rings (SSSR count). The molecule has 0 saturated carbocycles.